The number of amides is 1. The Morgan fingerprint density at radius 2 is 1.54 bits per heavy atom. The number of H-pyrrole nitrogens is 2. The van der Waals surface area contributed by atoms with E-state index in [1.165, 1.54) is 12.8 Å². The molecule has 2 aliphatic rings. The third kappa shape index (κ3) is 10.7. The number of hydrogen-bond donors (Lipinski definition) is 3. The van der Waals surface area contributed by atoms with E-state index in [4.69, 9.17) is 39.4 Å². The molecule has 7 aromatic rings. The van der Waals surface area contributed by atoms with Gasteiger partial charge < -0.3 is 58.7 Å². The van der Waals surface area contributed by atoms with E-state index in [1.807, 2.05) is 48.0 Å². The number of carbonyl (C=O) groups is 2. The zero-order valence-corrected chi connectivity index (χ0v) is 40.4. The summed E-state index contributed by atoms with van der Waals surface area (Å²) in [7, 11) is 5.07. The molecule has 2 saturated heterocycles. The molecule has 1 amide bonds. The minimum Gasteiger partial charge on any atom is -0.494 e. The minimum atomic E-state index is -0.536. The first-order valence-corrected chi connectivity index (χ1v) is 24.0. The fourth-order valence-corrected chi connectivity index (χ4v) is 9.19. The molecule has 3 aromatic heterocycles. The molecular formula is C53H62N10O7. The lowest BCUT2D eigenvalue weighted by Crippen LogP contribution is -2.44. The second-order valence-corrected chi connectivity index (χ2v) is 18.0. The second kappa shape index (κ2) is 21.5. The number of anilines is 2. The maximum Gasteiger partial charge on any atom is 0.305 e. The smallest absolute Gasteiger partial charge is 0.305 e. The van der Waals surface area contributed by atoms with Gasteiger partial charge in [0.1, 0.15) is 17.4 Å². The summed E-state index contributed by atoms with van der Waals surface area (Å²) < 4.78 is 30.7. The molecule has 1 unspecified atom stereocenters. The number of rotatable bonds is 20. The molecule has 70 heavy (non-hydrogen) atoms. The van der Waals surface area contributed by atoms with Gasteiger partial charge in [0.15, 0.2) is 17.7 Å². The molecule has 2 atom stereocenters. The molecule has 366 valence electrons. The molecule has 4 N–H and O–H groups in total. The second-order valence-electron chi connectivity index (χ2n) is 18.0. The van der Waals surface area contributed by atoms with Crippen molar-refractivity contribution in [2.45, 2.75) is 57.7 Å². The summed E-state index contributed by atoms with van der Waals surface area (Å²) in [6.07, 6.45) is 6.65. The molecule has 4 aromatic carbocycles. The predicted octanol–water partition coefficient (Wildman–Crippen LogP) is 8.05. The number of nitrogens with two attached hydrogens (primary N) is 1. The SMILES string of the molecule is C=C1C[C@@H](C(OCC)n2cnc(CCC(=O)OC)c2)N(C(=O)c2cc(OC)c(OCCCCCOc3ccc(-c4nc5ccc(-c6nc7ccc(N8CCN(C)CC8)cc7[nH]6)cc5[nH]4)cc3)cc2N)C1. The molecular weight excluding hydrogens is 889 g/mol. The molecule has 2 aliphatic heterocycles. The first-order valence-electron chi connectivity index (χ1n) is 24.0. The number of imidazole rings is 3. The van der Waals surface area contributed by atoms with E-state index >= 15 is 0 Å². The van der Waals surface area contributed by atoms with Crippen LogP contribution in [0.15, 0.2) is 97.5 Å². The first kappa shape index (κ1) is 47.7. The van der Waals surface area contributed by atoms with Gasteiger partial charge >= 0.3 is 5.97 Å². The molecule has 17 heteroatoms. The molecule has 2 fully saturated rings. The standard InChI is InChI=1S/C53H62N10O7/c1-6-68-53(62-32-37(55-33-62)13-19-49(64)67-5)46-26-34(2)31-63(46)52(65)40-29-47(66-4)48(30-41(40)54)70-25-9-7-8-24-69-39-15-10-35(11-16-39)50-56-42-17-12-36(27-44(42)58-50)51-57-43-18-14-38(28-45(43)59-51)61-22-20-60(3)21-23-61/h10-12,14-18,27-30,32-33,46,53H,2,6-9,13,19-26,31,54H2,1,3-5H3,(H,56,58)(H,57,59)/t46-,53?/m0/s1. The van der Waals surface area contributed by atoms with E-state index in [9.17, 15) is 9.59 Å². The molecule has 0 spiro atoms. The fraction of sp³-hybridized carbons (Fsp3) is 0.377. The Balaban J connectivity index is 0.743. The highest BCUT2D eigenvalue weighted by Crippen LogP contribution is 2.37. The number of aromatic amines is 2. The number of fused-ring (bicyclic) bond motifs is 2. The summed E-state index contributed by atoms with van der Waals surface area (Å²) in [6, 6.07) is 23.5. The summed E-state index contributed by atoms with van der Waals surface area (Å²) in [6.45, 7) is 12.0. The highest BCUT2D eigenvalue weighted by atomic mass is 16.5. The third-order valence-electron chi connectivity index (χ3n) is 13.1. The Labute approximate surface area is 407 Å². The molecule has 17 nitrogen and oxygen atoms in total. The van der Waals surface area contributed by atoms with Crippen LogP contribution in [-0.2, 0) is 20.7 Å². The van der Waals surface area contributed by atoms with Crippen molar-refractivity contribution >= 4 is 45.3 Å². The van der Waals surface area contributed by atoms with Crippen LogP contribution in [0.1, 0.15) is 61.3 Å². The number of ether oxygens (including phenoxy) is 5. The van der Waals surface area contributed by atoms with Crippen LogP contribution in [0, 0.1) is 0 Å². The van der Waals surface area contributed by atoms with Crippen LogP contribution in [0.2, 0.25) is 0 Å². The van der Waals surface area contributed by atoms with Crippen molar-refractivity contribution in [1.82, 2.24) is 39.3 Å². The van der Waals surface area contributed by atoms with Gasteiger partial charge in [0.25, 0.3) is 5.91 Å². The number of nitrogens with one attached hydrogen (secondary N) is 2. The van der Waals surface area contributed by atoms with Gasteiger partial charge in [0, 0.05) is 80.5 Å². The monoisotopic (exact) mass is 950 g/mol. The van der Waals surface area contributed by atoms with Crippen LogP contribution in [0.25, 0.3) is 44.8 Å². The number of aromatic nitrogens is 6. The van der Waals surface area contributed by atoms with E-state index in [-0.39, 0.29) is 30.0 Å². The number of likely N-dealkylation sites (tertiary alicyclic amines) is 1. The summed E-state index contributed by atoms with van der Waals surface area (Å²) >= 11 is 0. The van der Waals surface area contributed by atoms with Gasteiger partial charge in [-0.05, 0) is 106 Å². The van der Waals surface area contributed by atoms with Crippen molar-refractivity contribution in [3.8, 4) is 40.0 Å². The Morgan fingerprint density at radius 3 is 2.27 bits per heavy atom. The Hall–Kier alpha value is -7.37. The summed E-state index contributed by atoms with van der Waals surface area (Å²) in [5, 5.41) is 0. The van der Waals surface area contributed by atoms with Crippen molar-refractivity contribution in [1.29, 1.82) is 0 Å². The molecule has 9 rings (SSSR count). The van der Waals surface area contributed by atoms with E-state index in [2.05, 4.69) is 68.7 Å². The summed E-state index contributed by atoms with van der Waals surface area (Å²) in [5.74, 6) is 2.70. The van der Waals surface area contributed by atoms with Crippen molar-refractivity contribution in [3.05, 3.63) is 109 Å². The van der Waals surface area contributed by atoms with Gasteiger partial charge in [-0.2, -0.15) is 0 Å². The van der Waals surface area contributed by atoms with Crippen LogP contribution in [-0.4, -0.2) is 131 Å². The Kier molecular flexibility index (Phi) is 14.7. The average Bonchev–Trinajstić information content (AvgIpc) is 4.20. The predicted molar refractivity (Wildman–Crippen MR) is 270 cm³/mol. The Bertz CT molecular complexity index is 2950. The van der Waals surface area contributed by atoms with Crippen molar-refractivity contribution in [2.75, 3.05) is 84.4 Å². The number of piperazine rings is 1. The lowest BCUT2D eigenvalue weighted by molar-refractivity contribution is -0.140. The summed E-state index contributed by atoms with van der Waals surface area (Å²) in [4.78, 5) is 53.7. The fourth-order valence-electron chi connectivity index (χ4n) is 9.19. The quantitative estimate of drug-likeness (QED) is 0.0288. The molecule has 0 saturated carbocycles. The van der Waals surface area contributed by atoms with Crippen LogP contribution < -0.4 is 24.8 Å². The molecule has 5 heterocycles. The first-order chi connectivity index (χ1) is 34.1. The van der Waals surface area contributed by atoms with Crippen molar-refractivity contribution in [2.24, 2.45) is 0 Å². The van der Waals surface area contributed by atoms with Crippen LogP contribution in [0.4, 0.5) is 11.4 Å². The number of unbranched alkanes of at least 4 members (excludes halogenated alkanes) is 2. The number of carbonyl (C=O) groups excluding carboxylic acids is 2. The molecule has 0 bridgehead atoms. The molecule has 0 radical (unpaired) electrons. The number of nitrogen functional groups attached to an aromatic ring is 1. The number of aryl methyl sites for hydroxylation is 1. The lowest BCUT2D eigenvalue weighted by Gasteiger charge is -2.34. The number of methoxy groups -OCH3 is 2. The number of benzene rings is 4. The number of esters is 1. The normalized spacial score (nSPS) is 15.8. The maximum atomic E-state index is 14.2. The van der Waals surface area contributed by atoms with Gasteiger partial charge in [-0.3, -0.25) is 9.59 Å². The van der Waals surface area contributed by atoms with Gasteiger partial charge in [-0.25, -0.2) is 15.0 Å². The zero-order valence-electron chi connectivity index (χ0n) is 40.4. The number of likely N-dealkylation sites (N-methyl/N-ethyl adjacent to an activating group) is 1. The number of nitrogens with zero attached hydrogens (tertiary/aromatic N) is 7. The molecule has 0 aliphatic carbocycles. The Morgan fingerprint density at radius 1 is 0.843 bits per heavy atom. The van der Waals surface area contributed by atoms with Crippen molar-refractivity contribution < 1.29 is 33.3 Å². The third-order valence-corrected chi connectivity index (χ3v) is 13.1. The van der Waals surface area contributed by atoms with E-state index in [0.29, 0.717) is 56.3 Å². The van der Waals surface area contributed by atoms with Crippen molar-refractivity contribution in [3.63, 3.8) is 0 Å². The van der Waals surface area contributed by atoms with Gasteiger partial charge in [-0.15, -0.1) is 0 Å². The largest absolute Gasteiger partial charge is 0.494 e. The highest BCUT2D eigenvalue weighted by Gasteiger charge is 2.39. The highest BCUT2D eigenvalue weighted by molar-refractivity contribution is 6.00. The van der Waals surface area contributed by atoms with Crippen LogP contribution in [0.5, 0.6) is 17.2 Å². The van der Waals surface area contributed by atoms with Crippen LogP contribution in [0.3, 0.4) is 0 Å². The van der Waals surface area contributed by atoms with E-state index < -0.39 is 6.23 Å². The van der Waals surface area contributed by atoms with E-state index in [1.54, 1.807) is 30.5 Å². The number of hydrogen-bond acceptors (Lipinski definition) is 13. The van der Waals surface area contributed by atoms with Gasteiger partial charge in [0.2, 0.25) is 0 Å². The van der Waals surface area contributed by atoms with E-state index in [0.717, 1.165) is 107 Å². The average molecular weight is 951 g/mol. The van der Waals surface area contributed by atoms with Crippen LogP contribution >= 0.6 is 0 Å². The zero-order chi connectivity index (χ0) is 48.7. The maximum absolute atomic E-state index is 14.2. The summed E-state index contributed by atoms with van der Waals surface area (Å²) in [5.41, 5.74) is 15.7. The minimum absolute atomic E-state index is 0.213. The van der Waals surface area contributed by atoms with Gasteiger partial charge in [0.05, 0.1) is 79.5 Å². The lowest BCUT2D eigenvalue weighted by atomic mass is 10.1. The topological polar surface area (TPSA) is 191 Å². The van der Waals surface area contributed by atoms with Gasteiger partial charge in [-0.1, -0.05) is 12.2 Å².